The van der Waals surface area contributed by atoms with E-state index in [0.717, 1.165) is 11.1 Å². The van der Waals surface area contributed by atoms with Crippen molar-refractivity contribution in [1.29, 1.82) is 0 Å². The average molecular weight is 459 g/mol. The van der Waals surface area contributed by atoms with Crippen LogP contribution in [0.15, 0.2) is 36.4 Å². The Morgan fingerprint density at radius 1 is 0.788 bits per heavy atom. The van der Waals surface area contributed by atoms with Crippen molar-refractivity contribution in [1.82, 2.24) is 0 Å². The number of esters is 2. The third-order valence-corrected chi connectivity index (χ3v) is 5.55. The molecule has 0 spiro atoms. The van der Waals surface area contributed by atoms with E-state index in [9.17, 15) is 9.59 Å². The third kappa shape index (κ3) is 6.78. The minimum atomic E-state index is -0.360. The Kier molecular flexibility index (Phi) is 8.40. The van der Waals surface area contributed by atoms with Crippen molar-refractivity contribution in [2.45, 2.75) is 26.7 Å². The maximum Gasteiger partial charge on any atom is 0.302 e. The number of fused-ring (bicyclic) bond motifs is 1. The molecule has 33 heavy (non-hydrogen) atoms. The quantitative estimate of drug-likeness (QED) is 0.472. The minimum absolute atomic E-state index is 0.110. The predicted molar refractivity (Wildman–Crippen MR) is 120 cm³/mol. The van der Waals surface area contributed by atoms with Crippen LogP contribution in [0.25, 0.3) is 0 Å². The van der Waals surface area contributed by atoms with Crippen molar-refractivity contribution in [2.75, 3.05) is 34.2 Å². The number of ether oxygens (including phenoxy) is 6. The normalized spacial score (nSPS) is 13.7. The van der Waals surface area contributed by atoms with Gasteiger partial charge in [-0.25, -0.2) is 0 Å². The topological polar surface area (TPSA) is 89.5 Å². The van der Waals surface area contributed by atoms with E-state index >= 15 is 0 Å². The fourth-order valence-corrected chi connectivity index (χ4v) is 3.85. The molecule has 2 unspecified atom stereocenters. The van der Waals surface area contributed by atoms with Gasteiger partial charge < -0.3 is 28.4 Å². The Labute approximate surface area is 193 Å². The Morgan fingerprint density at radius 3 is 1.91 bits per heavy atom. The molecule has 0 saturated heterocycles. The van der Waals surface area contributed by atoms with E-state index in [1.165, 1.54) is 13.8 Å². The van der Waals surface area contributed by atoms with Gasteiger partial charge in [-0.15, -0.1) is 0 Å². The van der Waals surface area contributed by atoms with E-state index in [1.807, 2.05) is 36.4 Å². The van der Waals surface area contributed by atoms with Crippen molar-refractivity contribution >= 4 is 11.9 Å². The van der Waals surface area contributed by atoms with Crippen LogP contribution in [-0.4, -0.2) is 46.2 Å². The summed E-state index contributed by atoms with van der Waals surface area (Å²) >= 11 is 0. The van der Waals surface area contributed by atoms with E-state index in [2.05, 4.69) is 0 Å². The van der Waals surface area contributed by atoms with Gasteiger partial charge in [-0.3, -0.25) is 9.59 Å². The Balaban J connectivity index is 1.86. The zero-order chi connectivity index (χ0) is 23.8. The molecule has 0 aromatic heterocycles. The lowest BCUT2D eigenvalue weighted by Crippen LogP contribution is -2.29. The molecule has 8 nitrogen and oxygen atoms in total. The van der Waals surface area contributed by atoms with E-state index < -0.39 is 0 Å². The molecule has 0 aliphatic carbocycles. The highest BCUT2D eigenvalue weighted by molar-refractivity contribution is 5.66. The number of methoxy groups -OCH3 is 2. The summed E-state index contributed by atoms with van der Waals surface area (Å²) in [6.45, 7) is 3.35. The molecule has 0 saturated carbocycles. The van der Waals surface area contributed by atoms with Gasteiger partial charge in [0.15, 0.2) is 23.0 Å². The van der Waals surface area contributed by atoms with Crippen LogP contribution >= 0.6 is 0 Å². The van der Waals surface area contributed by atoms with Gasteiger partial charge in [0.1, 0.15) is 0 Å². The first-order valence-corrected chi connectivity index (χ1v) is 10.8. The lowest BCUT2D eigenvalue weighted by atomic mass is 9.83. The van der Waals surface area contributed by atoms with Gasteiger partial charge in [0, 0.05) is 25.7 Å². The van der Waals surface area contributed by atoms with Gasteiger partial charge in [-0.1, -0.05) is 12.1 Å². The molecule has 2 aromatic rings. The Bertz CT molecular complexity index is 971. The van der Waals surface area contributed by atoms with E-state index in [-0.39, 0.29) is 43.8 Å². The van der Waals surface area contributed by atoms with E-state index in [1.54, 1.807) is 14.2 Å². The highest BCUT2D eigenvalue weighted by Crippen LogP contribution is 2.35. The molecule has 0 N–H and O–H groups in total. The molecule has 2 atom stereocenters. The Morgan fingerprint density at radius 2 is 1.33 bits per heavy atom. The van der Waals surface area contributed by atoms with E-state index in [0.29, 0.717) is 35.8 Å². The molecule has 8 heteroatoms. The monoisotopic (exact) mass is 458 g/mol. The van der Waals surface area contributed by atoms with Crippen LogP contribution in [0.2, 0.25) is 0 Å². The molecule has 0 amide bonds. The highest BCUT2D eigenvalue weighted by atomic mass is 16.7. The first-order valence-electron chi connectivity index (χ1n) is 10.8. The molecule has 0 fully saturated rings. The maximum absolute atomic E-state index is 11.6. The summed E-state index contributed by atoms with van der Waals surface area (Å²) < 4.78 is 32.4. The number of carbonyl (C=O) groups excluding carboxylic acids is 2. The SMILES string of the molecule is COc1ccc(CC(COC(C)=O)C(COC(C)=O)Cc2ccc3c(c2)OCO3)cc1OC. The van der Waals surface area contributed by atoms with Crippen molar-refractivity contribution in [3.63, 3.8) is 0 Å². The summed E-state index contributed by atoms with van der Waals surface area (Å²) in [4.78, 5) is 23.2. The fourth-order valence-electron chi connectivity index (χ4n) is 3.85. The largest absolute Gasteiger partial charge is 0.493 e. The summed E-state index contributed by atoms with van der Waals surface area (Å²) in [5.41, 5.74) is 2.00. The highest BCUT2D eigenvalue weighted by Gasteiger charge is 2.26. The number of hydrogen-bond acceptors (Lipinski definition) is 8. The van der Waals surface area contributed by atoms with Gasteiger partial charge >= 0.3 is 11.9 Å². The molecular weight excluding hydrogens is 428 g/mol. The fraction of sp³-hybridized carbons (Fsp3) is 0.440. The average Bonchev–Trinajstić information content (AvgIpc) is 3.27. The summed E-state index contributed by atoms with van der Waals surface area (Å²) in [6, 6.07) is 11.5. The van der Waals surface area contributed by atoms with Crippen LogP contribution in [0.3, 0.4) is 0 Å². The van der Waals surface area contributed by atoms with Crippen LogP contribution in [0.5, 0.6) is 23.0 Å². The van der Waals surface area contributed by atoms with Gasteiger partial charge in [0.05, 0.1) is 27.4 Å². The summed E-state index contributed by atoms with van der Waals surface area (Å²) in [5.74, 6) is 1.71. The first kappa shape index (κ1) is 24.2. The minimum Gasteiger partial charge on any atom is -0.493 e. The van der Waals surface area contributed by atoms with Gasteiger partial charge in [-0.2, -0.15) is 0 Å². The molecule has 3 rings (SSSR count). The van der Waals surface area contributed by atoms with Gasteiger partial charge in [0.25, 0.3) is 0 Å². The van der Waals surface area contributed by atoms with E-state index in [4.69, 9.17) is 28.4 Å². The second-order valence-electron chi connectivity index (χ2n) is 7.91. The second-order valence-corrected chi connectivity index (χ2v) is 7.91. The molecule has 1 aliphatic heterocycles. The van der Waals surface area contributed by atoms with Crippen LogP contribution in [0.1, 0.15) is 25.0 Å². The lowest BCUT2D eigenvalue weighted by molar-refractivity contribution is -0.147. The molecular formula is C25H30O8. The first-order chi connectivity index (χ1) is 15.9. The number of rotatable bonds is 11. The number of benzene rings is 2. The second kappa shape index (κ2) is 11.4. The van der Waals surface area contributed by atoms with Crippen LogP contribution in [-0.2, 0) is 31.9 Å². The predicted octanol–water partition coefficient (Wildman–Crippen LogP) is 3.58. The van der Waals surface area contributed by atoms with Crippen LogP contribution in [0, 0.1) is 11.8 Å². The third-order valence-electron chi connectivity index (χ3n) is 5.55. The molecule has 1 heterocycles. The zero-order valence-electron chi connectivity index (χ0n) is 19.4. The van der Waals surface area contributed by atoms with Crippen molar-refractivity contribution in [2.24, 2.45) is 11.8 Å². The summed E-state index contributed by atoms with van der Waals surface area (Å²) in [5, 5.41) is 0. The summed E-state index contributed by atoms with van der Waals surface area (Å²) in [7, 11) is 3.17. The van der Waals surface area contributed by atoms with Crippen LogP contribution in [0.4, 0.5) is 0 Å². The molecule has 0 radical (unpaired) electrons. The van der Waals surface area contributed by atoms with Crippen molar-refractivity contribution in [3.05, 3.63) is 47.5 Å². The summed E-state index contributed by atoms with van der Waals surface area (Å²) in [6.07, 6.45) is 1.19. The number of hydrogen-bond donors (Lipinski definition) is 0. The molecule has 2 aromatic carbocycles. The van der Waals surface area contributed by atoms with Gasteiger partial charge in [0.2, 0.25) is 6.79 Å². The van der Waals surface area contributed by atoms with Crippen molar-refractivity contribution in [3.8, 4) is 23.0 Å². The lowest BCUT2D eigenvalue weighted by Gasteiger charge is -2.27. The Hall–Kier alpha value is -3.42. The van der Waals surface area contributed by atoms with Crippen LogP contribution < -0.4 is 18.9 Å². The maximum atomic E-state index is 11.6. The molecule has 178 valence electrons. The van der Waals surface area contributed by atoms with Crippen molar-refractivity contribution < 1.29 is 38.0 Å². The molecule has 1 aliphatic rings. The zero-order valence-corrected chi connectivity index (χ0v) is 19.4. The smallest absolute Gasteiger partial charge is 0.302 e. The number of carbonyl (C=O) groups is 2. The molecule has 0 bridgehead atoms. The standard InChI is InChI=1S/C25H30O8/c1-16(26)30-13-20(9-18-5-7-22(28-3)24(11-18)29-4)21(14-31-17(2)27)10-19-6-8-23-25(12-19)33-15-32-23/h5-8,11-12,20-21H,9-10,13-15H2,1-4H3. The van der Waals surface area contributed by atoms with Gasteiger partial charge in [-0.05, 0) is 48.2 Å².